The van der Waals surface area contributed by atoms with Crippen LogP contribution in [0.4, 0.5) is 0 Å². The van der Waals surface area contributed by atoms with Gasteiger partial charge in [-0.2, -0.15) is 0 Å². The molecule has 104 valence electrons. The lowest BCUT2D eigenvalue weighted by molar-refractivity contribution is -0.128. The predicted octanol–water partition coefficient (Wildman–Crippen LogP) is 1.47. The molecule has 1 aliphatic heterocycles. The zero-order valence-electron chi connectivity index (χ0n) is 11.3. The molecule has 0 unspecified atom stereocenters. The van der Waals surface area contributed by atoms with Crippen LogP contribution in [0.3, 0.4) is 0 Å². The number of rotatable bonds is 3. The Balaban J connectivity index is 1.74. The predicted molar refractivity (Wildman–Crippen MR) is 69.1 cm³/mol. The largest absolute Gasteiger partial charge is 0.388 e. The molecule has 4 nitrogen and oxygen atoms in total. The zero-order chi connectivity index (χ0) is 13.0. The fourth-order valence-corrected chi connectivity index (χ4v) is 2.85. The third-order valence-corrected chi connectivity index (χ3v) is 4.40. The van der Waals surface area contributed by atoms with Crippen molar-refractivity contribution in [3.8, 4) is 0 Å². The summed E-state index contributed by atoms with van der Waals surface area (Å²) < 4.78 is 5.23. The number of hydrogen-bond donors (Lipinski definition) is 2. The van der Waals surface area contributed by atoms with Gasteiger partial charge in [0, 0.05) is 38.5 Å². The third kappa shape index (κ3) is 3.69. The fourth-order valence-electron chi connectivity index (χ4n) is 2.85. The molecule has 18 heavy (non-hydrogen) atoms. The van der Waals surface area contributed by atoms with Crippen LogP contribution >= 0.6 is 0 Å². The number of nitrogens with one attached hydrogen (secondary N) is 1. The van der Waals surface area contributed by atoms with Crippen LogP contribution in [-0.2, 0) is 9.53 Å². The van der Waals surface area contributed by atoms with E-state index in [-0.39, 0.29) is 11.8 Å². The minimum Gasteiger partial charge on any atom is -0.388 e. The number of hydrogen-bond acceptors (Lipinski definition) is 3. The maximum atomic E-state index is 12.0. The summed E-state index contributed by atoms with van der Waals surface area (Å²) in [6.07, 6.45) is 5.53. The van der Waals surface area contributed by atoms with Crippen molar-refractivity contribution in [3.63, 3.8) is 0 Å². The molecule has 0 spiro atoms. The van der Waals surface area contributed by atoms with E-state index in [0.29, 0.717) is 32.6 Å². The van der Waals surface area contributed by atoms with Crippen molar-refractivity contribution in [1.29, 1.82) is 0 Å². The Morgan fingerprint density at radius 3 is 2.50 bits per heavy atom. The highest BCUT2D eigenvalue weighted by molar-refractivity contribution is 5.78. The van der Waals surface area contributed by atoms with Crippen molar-refractivity contribution < 1.29 is 14.6 Å². The van der Waals surface area contributed by atoms with E-state index in [1.807, 2.05) is 0 Å². The smallest absolute Gasteiger partial charge is 0.223 e. The van der Waals surface area contributed by atoms with Crippen molar-refractivity contribution in [2.45, 2.75) is 51.0 Å². The molecule has 2 N–H and O–H groups in total. The standard InChI is InChI=1S/C14H25NO3/c1-11-2-4-12(5-3-11)13(16)15-10-14(17)6-8-18-9-7-14/h11-12,17H,2-10H2,1H3,(H,15,16). The van der Waals surface area contributed by atoms with Crippen molar-refractivity contribution in [1.82, 2.24) is 5.32 Å². The number of amides is 1. The van der Waals surface area contributed by atoms with Gasteiger partial charge in [0.1, 0.15) is 0 Å². The first-order chi connectivity index (χ1) is 8.59. The second kappa shape index (κ2) is 6.02. The average Bonchev–Trinajstić information content (AvgIpc) is 2.38. The molecule has 2 aliphatic rings. The molecule has 0 aromatic heterocycles. The molecule has 2 fully saturated rings. The van der Waals surface area contributed by atoms with E-state index in [0.717, 1.165) is 31.6 Å². The Morgan fingerprint density at radius 2 is 1.89 bits per heavy atom. The molecule has 1 amide bonds. The van der Waals surface area contributed by atoms with E-state index in [4.69, 9.17) is 4.74 Å². The molecular weight excluding hydrogens is 230 g/mol. The lowest BCUT2D eigenvalue weighted by Crippen LogP contribution is -2.48. The molecular formula is C14H25NO3. The lowest BCUT2D eigenvalue weighted by Gasteiger charge is -2.33. The molecule has 1 heterocycles. The summed E-state index contributed by atoms with van der Waals surface area (Å²) in [5, 5.41) is 13.2. The van der Waals surface area contributed by atoms with E-state index in [9.17, 15) is 9.90 Å². The SMILES string of the molecule is CC1CCC(C(=O)NCC2(O)CCOCC2)CC1. The van der Waals surface area contributed by atoms with Crippen molar-refractivity contribution in [3.05, 3.63) is 0 Å². The molecule has 1 aliphatic carbocycles. The lowest BCUT2D eigenvalue weighted by atomic mass is 9.82. The van der Waals surface area contributed by atoms with E-state index < -0.39 is 5.60 Å². The van der Waals surface area contributed by atoms with Gasteiger partial charge in [-0.25, -0.2) is 0 Å². The second-order valence-electron chi connectivity index (χ2n) is 6.01. The molecule has 4 heteroatoms. The number of carbonyl (C=O) groups excluding carboxylic acids is 1. The van der Waals surface area contributed by atoms with Gasteiger partial charge in [0.2, 0.25) is 5.91 Å². The molecule has 0 atom stereocenters. The van der Waals surface area contributed by atoms with E-state index in [1.165, 1.54) is 0 Å². The summed E-state index contributed by atoms with van der Waals surface area (Å²) in [5.41, 5.74) is -0.754. The van der Waals surface area contributed by atoms with Crippen LogP contribution in [0.15, 0.2) is 0 Å². The van der Waals surface area contributed by atoms with Crippen LogP contribution in [0.25, 0.3) is 0 Å². The summed E-state index contributed by atoms with van der Waals surface area (Å²) in [7, 11) is 0. The van der Waals surface area contributed by atoms with Crippen LogP contribution in [0.2, 0.25) is 0 Å². The van der Waals surface area contributed by atoms with Gasteiger partial charge in [0.15, 0.2) is 0 Å². The summed E-state index contributed by atoms with van der Waals surface area (Å²) in [6.45, 7) is 3.81. The van der Waals surface area contributed by atoms with E-state index in [1.54, 1.807) is 0 Å². The number of carbonyl (C=O) groups is 1. The number of ether oxygens (including phenoxy) is 1. The Labute approximate surface area is 109 Å². The molecule has 2 rings (SSSR count). The average molecular weight is 255 g/mol. The zero-order valence-corrected chi connectivity index (χ0v) is 11.3. The second-order valence-corrected chi connectivity index (χ2v) is 6.01. The molecule has 0 aromatic carbocycles. The van der Waals surface area contributed by atoms with Gasteiger partial charge in [-0.3, -0.25) is 4.79 Å². The summed E-state index contributed by atoms with van der Waals surface area (Å²) in [6, 6.07) is 0. The Kier molecular flexibility index (Phi) is 4.62. The summed E-state index contributed by atoms with van der Waals surface area (Å²) in [4.78, 5) is 12.0. The van der Waals surface area contributed by atoms with Crippen molar-refractivity contribution in [2.75, 3.05) is 19.8 Å². The minimum atomic E-state index is -0.754. The van der Waals surface area contributed by atoms with E-state index >= 15 is 0 Å². The van der Waals surface area contributed by atoms with Crippen LogP contribution in [0.5, 0.6) is 0 Å². The van der Waals surface area contributed by atoms with Gasteiger partial charge in [-0.1, -0.05) is 6.92 Å². The fraction of sp³-hybridized carbons (Fsp3) is 0.929. The molecule has 0 aromatic rings. The molecule has 1 saturated carbocycles. The summed E-state index contributed by atoms with van der Waals surface area (Å²) in [5.74, 6) is 1.04. The van der Waals surface area contributed by atoms with Crippen molar-refractivity contribution in [2.24, 2.45) is 11.8 Å². The van der Waals surface area contributed by atoms with Crippen molar-refractivity contribution >= 4 is 5.91 Å². The van der Waals surface area contributed by atoms with Crippen LogP contribution in [0, 0.1) is 11.8 Å². The van der Waals surface area contributed by atoms with Gasteiger partial charge in [0.25, 0.3) is 0 Å². The highest BCUT2D eigenvalue weighted by Crippen LogP contribution is 2.28. The molecule has 1 saturated heterocycles. The first-order valence-corrected chi connectivity index (χ1v) is 7.17. The Morgan fingerprint density at radius 1 is 1.28 bits per heavy atom. The Bertz CT molecular complexity index is 279. The monoisotopic (exact) mass is 255 g/mol. The third-order valence-electron chi connectivity index (χ3n) is 4.40. The minimum absolute atomic E-state index is 0.127. The first kappa shape index (κ1) is 13.8. The first-order valence-electron chi connectivity index (χ1n) is 7.17. The molecule has 0 bridgehead atoms. The van der Waals surface area contributed by atoms with Gasteiger partial charge in [-0.15, -0.1) is 0 Å². The highest BCUT2D eigenvalue weighted by Gasteiger charge is 2.31. The normalized spacial score (nSPS) is 31.9. The van der Waals surface area contributed by atoms with Gasteiger partial charge >= 0.3 is 0 Å². The maximum absolute atomic E-state index is 12.0. The van der Waals surface area contributed by atoms with E-state index in [2.05, 4.69) is 12.2 Å². The van der Waals surface area contributed by atoms with Gasteiger partial charge < -0.3 is 15.2 Å². The van der Waals surface area contributed by atoms with Crippen LogP contribution in [0.1, 0.15) is 45.4 Å². The summed E-state index contributed by atoms with van der Waals surface area (Å²) >= 11 is 0. The van der Waals surface area contributed by atoms with Crippen LogP contribution < -0.4 is 5.32 Å². The highest BCUT2D eigenvalue weighted by atomic mass is 16.5. The van der Waals surface area contributed by atoms with Crippen LogP contribution in [-0.4, -0.2) is 36.4 Å². The topological polar surface area (TPSA) is 58.6 Å². The number of aliphatic hydroxyl groups is 1. The Hall–Kier alpha value is -0.610. The quantitative estimate of drug-likeness (QED) is 0.803. The maximum Gasteiger partial charge on any atom is 0.223 e. The molecule has 0 radical (unpaired) electrons. The van der Waals surface area contributed by atoms with Gasteiger partial charge in [-0.05, 0) is 31.6 Å². The van der Waals surface area contributed by atoms with Gasteiger partial charge in [0.05, 0.1) is 5.60 Å².